The molecule has 0 saturated carbocycles. The lowest BCUT2D eigenvalue weighted by molar-refractivity contribution is -0.129. The molecule has 1 N–H and O–H groups in total. The summed E-state index contributed by atoms with van der Waals surface area (Å²) in [6.07, 6.45) is 3.08. The van der Waals surface area contributed by atoms with Crippen molar-refractivity contribution in [3.63, 3.8) is 0 Å². The third kappa shape index (κ3) is 4.29. The van der Waals surface area contributed by atoms with Crippen molar-refractivity contribution >= 4 is 22.8 Å². The highest BCUT2D eigenvalue weighted by Crippen LogP contribution is 2.31. The normalized spacial score (nSPS) is 16.3. The predicted octanol–water partition coefficient (Wildman–Crippen LogP) is 2.13. The molecule has 1 aliphatic rings. The second-order valence-corrected chi connectivity index (χ2v) is 7.45. The summed E-state index contributed by atoms with van der Waals surface area (Å²) in [5, 5.41) is 8.64. The van der Waals surface area contributed by atoms with E-state index in [1.54, 1.807) is 6.20 Å². The molecule has 3 heterocycles. The molecule has 1 aliphatic heterocycles. The fourth-order valence-corrected chi connectivity index (χ4v) is 3.92. The molecule has 150 valence electrons. The molecule has 3 aromatic rings. The Kier molecular flexibility index (Phi) is 5.55. The number of carbonyl (C=O) groups is 2. The number of fused-ring (bicyclic) bond motifs is 1. The van der Waals surface area contributed by atoms with E-state index in [4.69, 9.17) is 5.10 Å². The van der Waals surface area contributed by atoms with E-state index in [-0.39, 0.29) is 17.7 Å². The Labute approximate surface area is 169 Å². The Morgan fingerprint density at radius 1 is 1.17 bits per heavy atom. The molecule has 1 atom stereocenters. The van der Waals surface area contributed by atoms with Crippen molar-refractivity contribution in [2.75, 3.05) is 19.6 Å². The molecule has 4 rings (SSSR count). The first-order chi connectivity index (χ1) is 14.1. The van der Waals surface area contributed by atoms with Crippen LogP contribution in [0.2, 0.25) is 0 Å². The van der Waals surface area contributed by atoms with Crippen molar-refractivity contribution < 1.29 is 9.59 Å². The second-order valence-electron chi connectivity index (χ2n) is 7.45. The highest BCUT2D eigenvalue weighted by atomic mass is 16.2. The fraction of sp³-hybridized carbons (Fsp3) is 0.364. The molecule has 29 heavy (non-hydrogen) atoms. The first-order valence-electron chi connectivity index (χ1n) is 9.99. The van der Waals surface area contributed by atoms with Gasteiger partial charge in [0.2, 0.25) is 11.8 Å². The molecular weight excluding hydrogens is 366 g/mol. The fourth-order valence-electron chi connectivity index (χ4n) is 3.92. The van der Waals surface area contributed by atoms with Gasteiger partial charge in [-0.15, -0.1) is 0 Å². The monoisotopic (exact) mass is 391 g/mol. The number of aromatic nitrogens is 3. The van der Waals surface area contributed by atoms with Crippen molar-refractivity contribution in [3.8, 4) is 0 Å². The van der Waals surface area contributed by atoms with Crippen molar-refractivity contribution in [3.05, 3.63) is 59.9 Å². The zero-order valence-corrected chi connectivity index (χ0v) is 16.5. The van der Waals surface area contributed by atoms with Crippen LogP contribution in [0.3, 0.4) is 0 Å². The molecule has 0 bridgehead atoms. The first kappa shape index (κ1) is 19.1. The van der Waals surface area contributed by atoms with Crippen LogP contribution in [-0.4, -0.2) is 51.1 Å². The van der Waals surface area contributed by atoms with Crippen LogP contribution >= 0.6 is 0 Å². The Morgan fingerprint density at radius 3 is 2.79 bits per heavy atom. The van der Waals surface area contributed by atoms with Crippen LogP contribution in [0.15, 0.2) is 48.7 Å². The standard InChI is InChI=1S/C22H25N5O2/c1-16(28)23-11-13-27-22-19(8-5-10-24-22)21(25-27)18-9-12-26(15-18)20(29)14-17-6-3-2-4-7-17/h2-8,10,18H,9,11-15H2,1H3,(H,23,28)/t18-/m1/s1. The molecular formula is C22H25N5O2. The van der Waals surface area contributed by atoms with Crippen molar-refractivity contribution in [2.24, 2.45) is 0 Å². The lowest BCUT2D eigenvalue weighted by Gasteiger charge is -2.16. The summed E-state index contributed by atoms with van der Waals surface area (Å²) in [5.74, 6) is 0.299. The average Bonchev–Trinajstić information content (AvgIpc) is 3.34. The van der Waals surface area contributed by atoms with Gasteiger partial charge in [0.15, 0.2) is 5.65 Å². The van der Waals surface area contributed by atoms with Crippen LogP contribution in [0, 0.1) is 0 Å². The van der Waals surface area contributed by atoms with Gasteiger partial charge in [0.25, 0.3) is 0 Å². The number of carbonyl (C=O) groups excluding carboxylic acids is 2. The largest absolute Gasteiger partial charge is 0.354 e. The van der Waals surface area contributed by atoms with Gasteiger partial charge in [0.1, 0.15) is 0 Å². The number of nitrogens with zero attached hydrogens (tertiary/aromatic N) is 4. The SMILES string of the molecule is CC(=O)NCCn1nc([C@@H]2CCN(C(=O)Cc3ccccc3)C2)c2cccnc21. The number of amides is 2. The summed E-state index contributed by atoms with van der Waals surface area (Å²) in [5.41, 5.74) is 2.85. The van der Waals surface area contributed by atoms with Crippen LogP contribution in [0.4, 0.5) is 0 Å². The number of pyridine rings is 1. The van der Waals surface area contributed by atoms with Gasteiger partial charge in [-0.2, -0.15) is 5.10 Å². The van der Waals surface area contributed by atoms with E-state index < -0.39 is 0 Å². The van der Waals surface area contributed by atoms with Crippen molar-refractivity contribution in [1.29, 1.82) is 0 Å². The molecule has 1 fully saturated rings. The van der Waals surface area contributed by atoms with Crippen LogP contribution < -0.4 is 5.32 Å². The summed E-state index contributed by atoms with van der Waals surface area (Å²) in [6.45, 7) is 4.00. The minimum Gasteiger partial charge on any atom is -0.354 e. The van der Waals surface area contributed by atoms with Crippen LogP contribution in [-0.2, 0) is 22.6 Å². The number of hydrogen-bond donors (Lipinski definition) is 1. The van der Waals surface area contributed by atoms with E-state index in [2.05, 4.69) is 10.3 Å². The topological polar surface area (TPSA) is 80.1 Å². The highest BCUT2D eigenvalue weighted by molar-refractivity contribution is 5.81. The van der Waals surface area contributed by atoms with Gasteiger partial charge in [-0.25, -0.2) is 9.67 Å². The zero-order chi connectivity index (χ0) is 20.2. The maximum absolute atomic E-state index is 12.7. The van der Waals surface area contributed by atoms with E-state index in [1.807, 2.05) is 52.0 Å². The molecule has 0 radical (unpaired) electrons. The number of hydrogen-bond acceptors (Lipinski definition) is 4. The molecule has 2 amide bonds. The Bertz CT molecular complexity index is 1010. The van der Waals surface area contributed by atoms with E-state index in [0.717, 1.165) is 35.3 Å². The van der Waals surface area contributed by atoms with Gasteiger partial charge < -0.3 is 10.2 Å². The van der Waals surface area contributed by atoms with E-state index in [9.17, 15) is 9.59 Å². The molecule has 0 aliphatic carbocycles. The minimum atomic E-state index is -0.0574. The second kappa shape index (κ2) is 8.43. The molecule has 0 spiro atoms. The summed E-state index contributed by atoms with van der Waals surface area (Å²) < 4.78 is 1.86. The zero-order valence-electron chi connectivity index (χ0n) is 16.5. The van der Waals surface area contributed by atoms with Gasteiger partial charge in [-0.1, -0.05) is 30.3 Å². The Hall–Kier alpha value is -3.22. The molecule has 7 heteroatoms. The number of nitrogens with one attached hydrogen (secondary N) is 1. The molecule has 1 saturated heterocycles. The van der Waals surface area contributed by atoms with E-state index >= 15 is 0 Å². The summed E-state index contributed by atoms with van der Waals surface area (Å²) in [6, 6.07) is 13.8. The maximum Gasteiger partial charge on any atom is 0.227 e. The molecule has 2 aromatic heterocycles. The van der Waals surface area contributed by atoms with Crippen LogP contribution in [0.25, 0.3) is 11.0 Å². The van der Waals surface area contributed by atoms with Gasteiger partial charge in [0, 0.05) is 44.1 Å². The maximum atomic E-state index is 12.7. The summed E-state index contributed by atoms with van der Waals surface area (Å²) in [4.78, 5) is 30.3. The lowest BCUT2D eigenvalue weighted by atomic mass is 10.0. The van der Waals surface area contributed by atoms with Gasteiger partial charge in [0.05, 0.1) is 18.7 Å². The van der Waals surface area contributed by atoms with Crippen molar-refractivity contribution in [1.82, 2.24) is 25.0 Å². The molecule has 0 unspecified atom stereocenters. The third-order valence-corrected chi connectivity index (χ3v) is 5.36. The van der Waals surface area contributed by atoms with Gasteiger partial charge in [-0.3, -0.25) is 9.59 Å². The first-order valence-corrected chi connectivity index (χ1v) is 9.99. The number of likely N-dealkylation sites (tertiary alicyclic amines) is 1. The Balaban J connectivity index is 1.48. The van der Waals surface area contributed by atoms with Gasteiger partial charge >= 0.3 is 0 Å². The van der Waals surface area contributed by atoms with Crippen LogP contribution in [0.5, 0.6) is 0 Å². The average molecular weight is 391 g/mol. The molecule has 7 nitrogen and oxygen atoms in total. The summed E-state index contributed by atoms with van der Waals surface area (Å²) in [7, 11) is 0. The van der Waals surface area contributed by atoms with Crippen molar-refractivity contribution in [2.45, 2.75) is 32.2 Å². The van der Waals surface area contributed by atoms with Crippen LogP contribution in [0.1, 0.15) is 30.5 Å². The number of rotatable bonds is 6. The smallest absolute Gasteiger partial charge is 0.227 e. The quantitative estimate of drug-likeness (QED) is 0.698. The Morgan fingerprint density at radius 2 is 2.00 bits per heavy atom. The van der Waals surface area contributed by atoms with Gasteiger partial charge in [-0.05, 0) is 24.1 Å². The summed E-state index contributed by atoms with van der Waals surface area (Å²) >= 11 is 0. The van der Waals surface area contributed by atoms with E-state index in [0.29, 0.717) is 26.1 Å². The highest BCUT2D eigenvalue weighted by Gasteiger charge is 2.30. The minimum absolute atomic E-state index is 0.0574. The molecule has 1 aromatic carbocycles. The predicted molar refractivity (Wildman–Crippen MR) is 110 cm³/mol. The third-order valence-electron chi connectivity index (χ3n) is 5.36. The lowest BCUT2D eigenvalue weighted by Crippen LogP contribution is -2.30. The number of benzene rings is 1. The van der Waals surface area contributed by atoms with E-state index in [1.165, 1.54) is 6.92 Å².